The van der Waals surface area contributed by atoms with Crippen LogP contribution in [-0.4, -0.2) is 17.6 Å². The second-order valence-electron chi connectivity index (χ2n) is 2.05. The molecule has 0 aliphatic carbocycles. The molecule has 0 aliphatic heterocycles. The van der Waals surface area contributed by atoms with Crippen LogP contribution in [0.25, 0.3) is 0 Å². The van der Waals surface area contributed by atoms with E-state index < -0.39 is 0 Å². The largest absolute Gasteiger partial charge is 0.397 e. The van der Waals surface area contributed by atoms with Crippen LogP contribution in [0, 0.1) is 0 Å². The van der Waals surface area contributed by atoms with Gasteiger partial charge in [-0.25, -0.2) is 0 Å². The second-order valence-corrected chi connectivity index (χ2v) is 2.05. The molecule has 3 N–H and O–H groups in total. The van der Waals surface area contributed by atoms with Gasteiger partial charge in [-0.05, 0) is 19.1 Å². The smallest absolute Gasteiger partial charge is 0.248 e. The number of aliphatic hydroxyl groups is 1. The lowest BCUT2D eigenvalue weighted by molar-refractivity contribution is 0.100. The van der Waals surface area contributed by atoms with Crippen molar-refractivity contribution in [1.82, 2.24) is 0 Å². The van der Waals surface area contributed by atoms with E-state index in [0.717, 1.165) is 0 Å². The summed E-state index contributed by atoms with van der Waals surface area (Å²) in [5, 5.41) is 7.57. The van der Waals surface area contributed by atoms with Gasteiger partial charge >= 0.3 is 0 Å². The molecule has 0 aliphatic rings. The maximum atomic E-state index is 10.4. The Hall–Kier alpha value is -1.06. The SMILES string of the molecule is CCO.Cl.NC(=O)c1ccccc1. The Morgan fingerprint density at radius 2 is 1.77 bits per heavy atom. The minimum Gasteiger partial charge on any atom is -0.397 e. The predicted octanol–water partition coefficient (Wildman–Crippen LogP) is 1.21. The van der Waals surface area contributed by atoms with E-state index in [2.05, 4.69) is 0 Å². The molecule has 0 saturated heterocycles. The van der Waals surface area contributed by atoms with Crippen molar-refractivity contribution < 1.29 is 9.90 Å². The molecule has 1 rings (SSSR count). The third kappa shape index (κ3) is 7.31. The number of halogens is 1. The van der Waals surface area contributed by atoms with Crippen molar-refractivity contribution in [3.05, 3.63) is 35.9 Å². The normalized spacial score (nSPS) is 7.54. The molecule has 13 heavy (non-hydrogen) atoms. The van der Waals surface area contributed by atoms with Crippen molar-refractivity contribution in [2.75, 3.05) is 6.61 Å². The van der Waals surface area contributed by atoms with Crippen molar-refractivity contribution in [3.8, 4) is 0 Å². The van der Waals surface area contributed by atoms with E-state index in [1.54, 1.807) is 31.2 Å². The number of carbonyl (C=O) groups excluding carboxylic acids is 1. The standard InChI is InChI=1S/C7H7NO.C2H6O.ClH/c8-7(9)6-4-2-1-3-5-6;1-2-3;/h1-5H,(H2,8,9);3H,2H2,1H3;1H. The van der Waals surface area contributed by atoms with Gasteiger partial charge in [-0.15, -0.1) is 12.4 Å². The van der Waals surface area contributed by atoms with Crippen molar-refractivity contribution in [1.29, 1.82) is 0 Å². The van der Waals surface area contributed by atoms with E-state index in [4.69, 9.17) is 10.8 Å². The minimum absolute atomic E-state index is 0. The summed E-state index contributed by atoms with van der Waals surface area (Å²) in [5.74, 6) is -0.379. The molecule has 0 fully saturated rings. The molecule has 0 atom stereocenters. The van der Waals surface area contributed by atoms with Crippen molar-refractivity contribution >= 4 is 18.3 Å². The highest BCUT2D eigenvalue weighted by atomic mass is 35.5. The lowest BCUT2D eigenvalue weighted by atomic mass is 10.2. The number of aliphatic hydroxyl groups excluding tert-OH is 1. The second kappa shape index (κ2) is 9.03. The molecular formula is C9H14ClNO2. The van der Waals surface area contributed by atoms with Crippen LogP contribution >= 0.6 is 12.4 Å². The molecule has 74 valence electrons. The first-order valence-electron chi connectivity index (χ1n) is 3.68. The Morgan fingerprint density at radius 3 is 2.00 bits per heavy atom. The zero-order valence-corrected chi connectivity index (χ0v) is 8.25. The van der Waals surface area contributed by atoms with Gasteiger partial charge in [0, 0.05) is 12.2 Å². The van der Waals surface area contributed by atoms with Crippen LogP contribution in [0.4, 0.5) is 0 Å². The van der Waals surface area contributed by atoms with Crippen LogP contribution in [0.2, 0.25) is 0 Å². The monoisotopic (exact) mass is 203 g/mol. The maximum Gasteiger partial charge on any atom is 0.248 e. The predicted molar refractivity (Wildman–Crippen MR) is 55.0 cm³/mol. The summed E-state index contributed by atoms with van der Waals surface area (Å²) in [5.41, 5.74) is 5.53. The summed E-state index contributed by atoms with van der Waals surface area (Å²) in [6.45, 7) is 1.93. The van der Waals surface area contributed by atoms with E-state index in [0.29, 0.717) is 5.56 Å². The van der Waals surface area contributed by atoms with Gasteiger partial charge in [-0.2, -0.15) is 0 Å². The zero-order chi connectivity index (χ0) is 9.40. The molecule has 0 saturated carbocycles. The Balaban J connectivity index is 0. The summed E-state index contributed by atoms with van der Waals surface area (Å²) in [6, 6.07) is 8.76. The topological polar surface area (TPSA) is 63.3 Å². The van der Waals surface area contributed by atoms with E-state index in [-0.39, 0.29) is 24.9 Å². The van der Waals surface area contributed by atoms with Gasteiger partial charge in [0.15, 0.2) is 0 Å². The zero-order valence-electron chi connectivity index (χ0n) is 7.43. The first-order valence-corrected chi connectivity index (χ1v) is 3.68. The first-order chi connectivity index (χ1) is 5.72. The summed E-state index contributed by atoms with van der Waals surface area (Å²) in [7, 11) is 0. The van der Waals surface area contributed by atoms with E-state index in [9.17, 15) is 4.79 Å². The van der Waals surface area contributed by atoms with E-state index in [1.807, 2.05) is 6.07 Å². The number of hydrogen-bond donors (Lipinski definition) is 2. The first kappa shape index (κ1) is 14.5. The number of nitrogens with two attached hydrogens (primary N) is 1. The molecular weight excluding hydrogens is 190 g/mol. The molecule has 0 aromatic heterocycles. The van der Waals surface area contributed by atoms with Crippen LogP contribution in [0.5, 0.6) is 0 Å². The van der Waals surface area contributed by atoms with Crippen molar-refractivity contribution in [2.45, 2.75) is 6.92 Å². The molecule has 0 bridgehead atoms. The highest BCUT2D eigenvalue weighted by Gasteiger charge is 1.93. The fourth-order valence-electron chi connectivity index (χ4n) is 0.602. The average molecular weight is 204 g/mol. The van der Waals surface area contributed by atoms with E-state index in [1.165, 1.54) is 0 Å². The summed E-state index contributed by atoms with van der Waals surface area (Å²) < 4.78 is 0. The Morgan fingerprint density at radius 1 is 1.38 bits per heavy atom. The maximum absolute atomic E-state index is 10.4. The molecule has 4 heteroatoms. The fourth-order valence-corrected chi connectivity index (χ4v) is 0.602. The minimum atomic E-state index is -0.379. The van der Waals surface area contributed by atoms with Crippen LogP contribution in [0.3, 0.4) is 0 Å². The lowest BCUT2D eigenvalue weighted by Gasteiger charge is -1.89. The molecule has 0 heterocycles. The van der Waals surface area contributed by atoms with Crippen LogP contribution in [-0.2, 0) is 0 Å². The Labute approximate surface area is 84.0 Å². The van der Waals surface area contributed by atoms with Gasteiger partial charge in [0.1, 0.15) is 0 Å². The highest BCUT2D eigenvalue weighted by Crippen LogP contribution is 1.94. The number of primary amides is 1. The number of benzene rings is 1. The molecule has 0 unspecified atom stereocenters. The molecule has 1 amide bonds. The summed E-state index contributed by atoms with van der Waals surface area (Å²) in [4.78, 5) is 10.4. The van der Waals surface area contributed by atoms with Crippen LogP contribution < -0.4 is 5.73 Å². The average Bonchev–Trinajstić information content (AvgIpc) is 2.07. The Kier molecular flexibility index (Phi) is 10.0. The molecule has 1 aromatic carbocycles. The summed E-state index contributed by atoms with van der Waals surface area (Å²) in [6.07, 6.45) is 0. The number of rotatable bonds is 1. The molecule has 3 nitrogen and oxygen atoms in total. The number of amides is 1. The number of hydrogen-bond acceptors (Lipinski definition) is 2. The van der Waals surface area contributed by atoms with Crippen molar-refractivity contribution in [3.63, 3.8) is 0 Å². The lowest BCUT2D eigenvalue weighted by Crippen LogP contribution is -2.09. The fraction of sp³-hybridized carbons (Fsp3) is 0.222. The quantitative estimate of drug-likeness (QED) is 0.721. The van der Waals surface area contributed by atoms with Gasteiger partial charge in [0.2, 0.25) is 5.91 Å². The van der Waals surface area contributed by atoms with Crippen LogP contribution in [0.1, 0.15) is 17.3 Å². The van der Waals surface area contributed by atoms with Gasteiger partial charge in [0.25, 0.3) is 0 Å². The third-order valence-electron chi connectivity index (χ3n) is 1.06. The van der Waals surface area contributed by atoms with Gasteiger partial charge in [-0.1, -0.05) is 18.2 Å². The van der Waals surface area contributed by atoms with E-state index >= 15 is 0 Å². The molecule has 0 spiro atoms. The van der Waals surface area contributed by atoms with Gasteiger partial charge in [-0.3, -0.25) is 4.79 Å². The molecule has 0 radical (unpaired) electrons. The third-order valence-corrected chi connectivity index (χ3v) is 1.06. The molecule has 1 aromatic rings. The van der Waals surface area contributed by atoms with Crippen molar-refractivity contribution in [2.24, 2.45) is 5.73 Å². The van der Waals surface area contributed by atoms with Gasteiger partial charge < -0.3 is 10.8 Å². The van der Waals surface area contributed by atoms with Gasteiger partial charge in [0.05, 0.1) is 0 Å². The highest BCUT2D eigenvalue weighted by molar-refractivity contribution is 5.92. The Bertz CT molecular complexity index is 226. The summed E-state index contributed by atoms with van der Waals surface area (Å²) >= 11 is 0. The van der Waals surface area contributed by atoms with Crippen LogP contribution in [0.15, 0.2) is 30.3 Å². The number of carbonyl (C=O) groups is 1.